The number of thiazole rings is 1. The lowest BCUT2D eigenvalue weighted by Gasteiger charge is -2.13. The predicted molar refractivity (Wildman–Crippen MR) is 91.1 cm³/mol. The smallest absolute Gasteiger partial charge is 0.133 e. The molecule has 1 aliphatic heterocycles. The molecule has 0 spiro atoms. The lowest BCUT2D eigenvalue weighted by molar-refractivity contribution is 0.708. The average molecular weight is 338 g/mol. The predicted octanol–water partition coefficient (Wildman–Crippen LogP) is 2.55. The van der Waals surface area contributed by atoms with Crippen LogP contribution in [0.25, 0.3) is 0 Å². The van der Waals surface area contributed by atoms with Gasteiger partial charge in [0.15, 0.2) is 0 Å². The molecule has 0 aromatic carbocycles. The van der Waals surface area contributed by atoms with Crippen LogP contribution in [0.2, 0.25) is 4.34 Å². The average Bonchev–Trinajstić information content (AvgIpc) is 2.67. The Kier molecular flexibility index (Phi) is 4.90. The van der Waals surface area contributed by atoms with Crippen LogP contribution < -0.4 is 10.6 Å². The molecule has 0 bridgehead atoms. The summed E-state index contributed by atoms with van der Waals surface area (Å²) in [4.78, 5) is 13.7. The summed E-state index contributed by atoms with van der Waals surface area (Å²) in [6.45, 7) is 6.67. The number of hydrogen-bond acceptors (Lipinski definition) is 6. The molecule has 2 aromatic heterocycles. The van der Waals surface area contributed by atoms with Crippen molar-refractivity contribution < 1.29 is 0 Å². The van der Waals surface area contributed by atoms with E-state index in [0.29, 0.717) is 0 Å². The van der Waals surface area contributed by atoms with E-state index < -0.39 is 0 Å². The summed E-state index contributed by atoms with van der Waals surface area (Å²) in [5, 5.41) is 7.94. The minimum absolute atomic E-state index is 0.785. The van der Waals surface area contributed by atoms with Gasteiger partial charge in [-0.25, -0.2) is 15.0 Å². The lowest BCUT2D eigenvalue weighted by atomic mass is 10.1. The number of fused-ring (bicyclic) bond motifs is 1. The number of aromatic nitrogens is 3. The SMILES string of the molecule is Cc1nc2c(c(NCCc3nc(C)c(Cl)s3)n1)CCNCC2. The first kappa shape index (κ1) is 15.6. The molecule has 1 aliphatic rings. The highest BCUT2D eigenvalue weighted by Crippen LogP contribution is 2.24. The molecule has 0 saturated carbocycles. The number of aryl methyl sites for hydroxylation is 2. The molecule has 2 N–H and O–H groups in total. The summed E-state index contributed by atoms with van der Waals surface area (Å²) in [6.07, 6.45) is 2.79. The maximum absolute atomic E-state index is 6.07. The summed E-state index contributed by atoms with van der Waals surface area (Å²) in [5.74, 6) is 1.81. The third-order valence-electron chi connectivity index (χ3n) is 3.71. The van der Waals surface area contributed by atoms with Crippen LogP contribution in [0.3, 0.4) is 0 Å². The third kappa shape index (κ3) is 3.56. The van der Waals surface area contributed by atoms with Crippen molar-refractivity contribution in [3.05, 3.63) is 32.1 Å². The summed E-state index contributed by atoms with van der Waals surface area (Å²) in [7, 11) is 0. The Morgan fingerprint density at radius 3 is 2.77 bits per heavy atom. The van der Waals surface area contributed by atoms with Crippen LogP contribution in [0.5, 0.6) is 0 Å². The van der Waals surface area contributed by atoms with Crippen molar-refractivity contribution in [3.8, 4) is 0 Å². The van der Waals surface area contributed by atoms with E-state index in [1.54, 1.807) is 11.3 Å². The Morgan fingerprint density at radius 1 is 1.18 bits per heavy atom. The topological polar surface area (TPSA) is 62.7 Å². The molecule has 0 unspecified atom stereocenters. The standard InChI is InChI=1S/C15H20ClN5S/c1-9-14(16)22-13(19-9)5-8-18-15-11-3-6-17-7-4-12(11)20-10(2)21-15/h17H,3-8H2,1-2H3,(H,18,20,21). The summed E-state index contributed by atoms with van der Waals surface area (Å²) in [6, 6.07) is 0. The second-order valence-corrected chi connectivity index (χ2v) is 7.12. The van der Waals surface area contributed by atoms with Crippen molar-refractivity contribution >= 4 is 28.8 Å². The molecule has 0 amide bonds. The van der Waals surface area contributed by atoms with Gasteiger partial charge in [-0.1, -0.05) is 11.6 Å². The number of hydrogen-bond donors (Lipinski definition) is 2. The van der Waals surface area contributed by atoms with E-state index in [1.165, 1.54) is 11.3 Å². The van der Waals surface area contributed by atoms with Crippen molar-refractivity contribution in [1.29, 1.82) is 0 Å². The zero-order valence-corrected chi connectivity index (χ0v) is 14.4. The largest absolute Gasteiger partial charge is 0.369 e. The van der Waals surface area contributed by atoms with Crippen LogP contribution in [-0.4, -0.2) is 34.6 Å². The van der Waals surface area contributed by atoms with Crippen LogP contribution in [0.1, 0.15) is 27.8 Å². The monoisotopic (exact) mass is 337 g/mol. The van der Waals surface area contributed by atoms with Crippen molar-refractivity contribution in [2.24, 2.45) is 0 Å². The molecule has 2 aromatic rings. The highest BCUT2D eigenvalue weighted by Gasteiger charge is 2.15. The molecule has 0 aliphatic carbocycles. The fourth-order valence-electron chi connectivity index (χ4n) is 2.64. The lowest BCUT2D eigenvalue weighted by Crippen LogP contribution is -2.16. The van der Waals surface area contributed by atoms with Crippen molar-refractivity contribution in [3.63, 3.8) is 0 Å². The van der Waals surface area contributed by atoms with Gasteiger partial charge in [0.1, 0.15) is 16.0 Å². The van der Waals surface area contributed by atoms with E-state index in [-0.39, 0.29) is 0 Å². The van der Waals surface area contributed by atoms with E-state index in [9.17, 15) is 0 Å². The Labute approximate surface area is 139 Å². The van der Waals surface area contributed by atoms with Gasteiger partial charge in [0.05, 0.1) is 16.4 Å². The molecule has 7 heteroatoms. The van der Waals surface area contributed by atoms with Crippen LogP contribution in [0.4, 0.5) is 5.82 Å². The van der Waals surface area contributed by atoms with Gasteiger partial charge in [0, 0.05) is 31.5 Å². The number of nitrogens with one attached hydrogen (secondary N) is 2. The number of rotatable bonds is 4. The minimum Gasteiger partial charge on any atom is -0.369 e. The molecule has 3 heterocycles. The Balaban J connectivity index is 1.70. The van der Waals surface area contributed by atoms with Crippen LogP contribution >= 0.6 is 22.9 Å². The van der Waals surface area contributed by atoms with Crippen molar-refractivity contribution in [2.45, 2.75) is 33.1 Å². The van der Waals surface area contributed by atoms with Gasteiger partial charge in [-0.2, -0.15) is 0 Å². The van der Waals surface area contributed by atoms with E-state index in [0.717, 1.165) is 65.6 Å². The van der Waals surface area contributed by atoms with Crippen LogP contribution in [-0.2, 0) is 19.3 Å². The zero-order chi connectivity index (χ0) is 15.5. The molecular weight excluding hydrogens is 318 g/mol. The molecule has 118 valence electrons. The van der Waals surface area contributed by atoms with E-state index >= 15 is 0 Å². The first-order chi connectivity index (χ1) is 10.6. The fourth-order valence-corrected chi connectivity index (χ4v) is 3.74. The maximum Gasteiger partial charge on any atom is 0.133 e. The molecule has 5 nitrogen and oxygen atoms in total. The van der Waals surface area contributed by atoms with Crippen molar-refractivity contribution in [2.75, 3.05) is 25.0 Å². The first-order valence-electron chi connectivity index (χ1n) is 7.56. The van der Waals surface area contributed by atoms with E-state index in [1.807, 2.05) is 13.8 Å². The maximum atomic E-state index is 6.07. The quantitative estimate of drug-likeness (QED) is 0.897. The number of anilines is 1. The Hall–Kier alpha value is -1.24. The molecule has 0 radical (unpaired) electrons. The first-order valence-corrected chi connectivity index (χ1v) is 8.75. The van der Waals surface area contributed by atoms with Crippen LogP contribution in [0.15, 0.2) is 0 Å². The molecule has 3 rings (SSSR count). The van der Waals surface area contributed by atoms with E-state index in [2.05, 4.69) is 25.6 Å². The highest BCUT2D eigenvalue weighted by atomic mass is 35.5. The molecular formula is C15H20ClN5S. The summed E-state index contributed by atoms with van der Waals surface area (Å²) >= 11 is 7.62. The Morgan fingerprint density at radius 2 is 2.00 bits per heavy atom. The summed E-state index contributed by atoms with van der Waals surface area (Å²) in [5.41, 5.74) is 3.34. The van der Waals surface area contributed by atoms with Gasteiger partial charge in [-0.05, 0) is 26.8 Å². The molecule has 0 saturated heterocycles. The van der Waals surface area contributed by atoms with E-state index in [4.69, 9.17) is 11.6 Å². The molecule has 22 heavy (non-hydrogen) atoms. The second-order valence-electron chi connectivity index (χ2n) is 5.44. The fraction of sp³-hybridized carbons (Fsp3) is 0.533. The van der Waals surface area contributed by atoms with Gasteiger partial charge < -0.3 is 10.6 Å². The van der Waals surface area contributed by atoms with Gasteiger partial charge in [-0.3, -0.25) is 0 Å². The highest BCUT2D eigenvalue weighted by molar-refractivity contribution is 7.16. The van der Waals surface area contributed by atoms with Gasteiger partial charge in [0.2, 0.25) is 0 Å². The number of nitrogens with zero attached hydrogens (tertiary/aromatic N) is 3. The van der Waals surface area contributed by atoms with Gasteiger partial charge >= 0.3 is 0 Å². The normalized spacial score (nSPS) is 14.5. The molecule has 0 atom stereocenters. The molecule has 0 fully saturated rings. The second kappa shape index (κ2) is 6.89. The van der Waals surface area contributed by atoms with Crippen LogP contribution in [0, 0.1) is 13.8 Å². The number of halogens is 1. The van der Waals surface area contributed by atoms with Crippen molar-refractivity contribution in [1.82, 2.24) is 20.3 Å². The third-order valence-corrected chi connectivity index (χ3v) is 5.22. The van der Waals surface area contributed by atoms with Gasteiger partial charge in [0.25, 0.3) is 0 Å². The zero-order valence-electron chi connectivity index (χ0n) is 12.9. The Bertz CT molecular complexity index is 651. The summed E-state index contributed by atoms with van der Waals surface area (Å²) < 4.78 is 0.785. The van der Waals surface area contributed by atoms with Gasteiger partial charge in [-0.15, -0.1) is 11.3 Å². The minimum atomic E-state index is 0.785.